The lowest BCUT2D eigenvalue weighted by molar-refractivity contribution is 0.356. The third-order valence-corrected chi connectivity index (χ3v) is 6.14. The molecule has 0 heterocycles. The van der Waals surface area contributed by atoms with Crippen molar-refractivity contribution in [3.8, 4) is 0 Å². The van der Waals surface area contributed by atoms with Crippen molar-refractivity contribution >= 4 is 10.0 Å². The van der Waals surface area contributed by atoms with Crippen LogP contribution in [-0.2, 0) is 22.3 Å². The molecule has 5 heteroatoms. The Balaban J connectivity index is 2.05. The molecule has 2 rings (SSSR count). The van der Waals surface area contributed by atoms with Gasteiger partial charge in [-0.25, -0.2) is 12.7 Å². The van der Waals surface area contributed by atoms with Crippen LogP contribution in [-0.4, -0.2) is 32.4 Å². The van der Waals surface area contributed by atoms with Gasteiger partial charge in [-0.2, -0.15) is 0 Å². The molecule has 0 saturated heterocycles. The maximum absolute atomic E-state index is 12.5. The van der Waals surface area contributed by atoms with Crippen molar-refractivity contribution in [2.24, 2.45) is 5.92 Å². The lowest BCUT2D eigenvalue weighted by Crippen LogP contribution is -2.37. The van der Waals surface area contributed by atoms with E-state index in [2.05, 4.69) is 12.2 Å². The molecular weight excluding hydrogens is 284 g/mol. The van der Waals surface area contributed by atoms with Gasteiger partial charge in [0.25, 0.3) is 0 Å². The van der Waals surface area contributed by atoms with Gasteiger partial charge in [-0.1, -0.05) is 31.2 Å². The molecule has 1 unspecified atom stereocenters. The van der Waals surface area contributed by atoms with Crippen LogP contribution in [0.4, 0.5) is 0 Å². The maximum atomic E-state index is 12.5. The van der Waals surface area contributed by atoms with Crippen molar-refractivity contribution in [3.05, 3.63) is 35.4 Å². The standard InChI is InChI=1S/C16H26N2O2S/c1-4-17-11-14-6-5-7-15(10-14)12-21(19,20)18(3)13(2)16-8-9-16/h5-7,10,13,16-17H,4,8-9,11-12H2,1-3H3. The second kappa shape index (κ2) is 6.90. The Hall–Kier alpha value is -0.910. The van der Waals surface area contributed by atoms with Gasteiger partial charge in [0, 0.05) is 19.6 Å². The van der Waals surface area contributed by atoms with E-state index in [-0.39, 0.29) is 11.8 Å². The monoisotopic (exact) mass is 310 g/mol. The van der Waals surface area contributed by atoms with Gasteiger partial charge < -0.3 is 5.32 Å². The summed E-state index contributed by atoms with van der Waals surface area (Å²) in [5.41, 5.74) is 1.99. The highest BCUT2D eigenvalue weighted by molar-refractivity contribution is 7.88. The first kappa shape index (κ1) is 16.5. The summed E-state index contributed by atoms with van der Waals surface area (Å²) in [6.45, 7) is 5.75. The first-order valence-corrected chi connectivity index (χ1v) is 9.29. The van der Waals surface area contributed by atoms with Crippen molar-refractivity contribution in [2.45, 2.75) is 45.0 Å². The Bertz CT molecular complexity index is 567. The number of rotatable bonds is 8. The lowest BCUT2D eigenvalue weighted by Gasteiger charge is -2.24. The third kappa shape index (κ3) is 4.53. The van der Waals surface area contributed by atoms with E-state index in [4.69, 9.17) is 0 Å². The number of hydrogen-bond acceptors (Lipinski definition) is 3. The second-order valence-corrected chi connectivity index (χ2v) is 7.98. The molecule has 21 heavy (non-hydrogen) atoms. The number of nitrogens with one attached hydrogen (secondary N) is 1. The Morgan fingerprint density at radius 1 is 1.33 bits per heavy atom. The van der Waals surface area contributed by atoms with Gasteiger partial charge >= 0.3 is 0 Å². The molecular formula is C16H26N2O2S. The summed E-state index contributed by atoms with van der Waals surface area (Å²) in [5.74, 6) is 0.630. The molecule has 0 aromatic heterocycles. The lowest BCUT2D eigenvalue weighted by atomic mass is 10.1. The molecule has 1 atom stereocenters. The van der Waals surface area contributed by atoms with Gasteiger partial charge in [-0.05, 0) is 43.4 Å². The fourth-order valence-electron chi connectivity index (χ4n) is 2.54. The molecule has 1 aliphatic carbocycles. The topological polar surface area (TPSA) is 49.4 Å². The van der Waals surface area contributed by atoms with Crippen molar-refractivity contribution in [2.75, 3.05) is 13.6 Å². The molecule has 1 saturated carbocycles. The molecule has 1 aliphatic rings. The quantitative estimate of drug-likeness (QED) is 0.802. The summed E-state index contributed by atoms with van der Waals surface area (Å²) in [6.07, 6.45) is 2.30. The average molecular weight is 310 g/mol. The third-order valence-electron chi connectivity index (χ3n) is 4.24. The fraction of sp³-hybridized carbons (Fsp3) is 0.625. The molecule has 1 aromatic rings. The van der Waals surface area contributed by atoms with E-state index in [0.717, 1.165) is 37.1 Å². The smallest absolute Gasteiger partial charge is 0.218 e. The molecule has 0 radical (unpaired) electrons. The molecule has 1 N–H and O–H groups in total. The van der Waals surface area contributed by atoms with Crippen LogP contribution in [0.15, 0.2) is 24.3 Å². The zero-order valence-electron chi connectivity index (χ0n) is 13.2. The van der Waals surface area contributed by atoms with Crippen molar-refractivity contribution in [1.82, 2.24) is 9.62 Å². The van der Waals surface area contributed by atoms with E-state index in [1.807, 2.05) is 31.2 Å². The zero-order chi connectivity index (χ0) is 15.5. The number of benzene rings is 1. The number of hydrogen-bond donors (Lipinski definition) is 1. The maximum Gasteiger partial charge on any atom is 0.218 e. The summed E-state index contributed by atoms with van der Waals surface area (Å²) in [4.78, 5) is 0. The molecule has 1 fully saturated rings. The second-order valence-electron chi connectivity index (χ2n) is 5.95. The molecule has 0 aliphatic heterocycles. The first-order chi connectivity index (χ1) is 9.94. The van der Waals surface area contributed by atoms with Crippen molar-refractivity contribution in [3.63, 3.8) is 0 Å². The summed E-state index contributed by atoms with van der Waals surface area (Å²) in [6, 6.07) is 7.94. The van der Waals surface area contributed by atoms with E-state index in [0.29, 0.717) is 5.92 Å². The van der Waals surface area contributed by atoms with Gasteiger partial charge in [-0.3, -0.25) is 0 Å². The molecule has 0 amide bonds. The Morgan fingerprint density at radius 2 is 2.00 bits per heavy atom. The van der Waals surface area contributed by atoms with Crippen molar-refractivity contribution < 1.29 is 8.42 Å². The highest BCUT2D eigenvalue weighted by Crippen LogP contribution is 2.35. The van der Waals surface area contributed by atoms with E-state index in [1.54, 1.807) is 11.4 Å². The van der Waals surface area contributed by atoms with Crippen LogP contribution < -0.4 is 5.32 Å². The van der Waals surface area contributed by atoms with E-state index >= 15 is 0 Å². The van der Waals surface area contributed by atoms with Gasteiger partial charge in [0.15, 0.2) is 0 Å². The Labute approximate surface area is 128 Å². The van der Waals surface area contributed by atoms with Crippen molar-refractivity contribution in [1.29, 1.82) is 0 Å². The Kier molecular flexibility index (Phi) is 5.41. The number of sulfonamides is 1. The first-order valence-electron chi connectivity index (χ1n) is 7.68. The van der Waals surface area contributed by atoms with Crippen LogP contribution in [0.3, 0.4) is 0 Å². The minimum atomic E-state index is -3.24. The SMILES string of the molecule is CCNCc1cccc(CS(=O)(=O)N(C)C(C)C2CC2)c1. The summed E-state index contributed by atoms with van der Waals surface area (Å²) in [7, 11) is -1.53. The van der Waals surface area contributed by atoms with E-state index in [9.17, 15) is 8.42 Å². The van der Waals surface area contributed by atoms with Crippen LogP contribution in [0.2, 0.25) is 0 Å². The summed E-state index contributed by atoms with van der Waals surface area (Å²) >= 11 is 0. The minimum Gasteiger partial charge on any atom is -0.313 e. The predicted molar refractivity (Wildman–Crippen MR) is 86.4 cm³/mol. The van der Waals surface area contributed by atoms with Crippen LogP contribution in [0, 0.1) is 5.92 Å². The minimum absolute atomic E-state index is 0.0839. The van der Waals surface area contributed by atoms with Crippen LogP contribution in [0.5, 0.6) is 0 Å². The van der Waals surface area contributed by atoms with E-state index < -0.39 is 10.0 Å². The molecule has 0 spiro atoms. The fourth-order valence-corrected chi connectivity index (χ4v) is 4.02. The van der Waals surface area contributed by atoms with Gasteiger partial charge in [0.2, 0.25) is 10.0 Å². The van der Waals surface area contributed by atoms with Crippen LogP contribution in [0.25, 0.3) is 0 Å². The molecule has 0 bridgehead atoms. The van der Waals surface area contributed by atoms with Crippen LogP contribution >= 0.6 is 0 Å². The van der Waals surface area contributed by atoms with Crippen LogP contribution in [0.1, 0.15) is 37.8 Å². The van der Waals surface area contributed by atoms with E-state index in [1.165, 1.54) is 0 Å². The Morgan fingerprint density at radius 3 is 2.62 bits per heavy atom. The normalized spacial score (nSPS) is 17.1. The zero-order valence-corrected chi connectivity index (χ0v) is 14.0. The molecule has 118 valence electrons. The van der Waals surface area contributed by atoms with Gasteiger partial charge in [0.1, 0.15) is 0 Å². The number of nitrogens with zero attached hydrogens (tertiary/aromatic N) is 1. The highest BCUT2D eigenvalue weighted by atomic mass is 32.2. The predicted octanol–water partition coefficient (Wildman–Crippen LogP) is 2.36. The van der Waals surface area contributed by atoms with Gasteiger partial charge in [-0.15, -0.1) is 0 Å². The largest absolute Gasteiger partial charge is 0.313 e. The average Bonchev–Trinajstić information content (AvgIpc) is 3.28. The summed E-state index contributed by atoms with van der Waals surface area (Å²) in [5, 5.41) is 3.26. The van der Waals surface area contributed by atoms with Gasteiger partial charge in [0.05, 0.1) is 5.75 Å². The highest BCUT2D eigenvalue weighted by Gasteiger charge is 2.35. The molecule has 1 aromatic carbocycles. The summed E-state index contributed by atoms with van der Waals surface area (Å²) < 4.78 is 26.6. The molecule has 4 nitrogen and oxygen atoms in total.